The van der Waals surface area contributed by atoms with Crippen molar-refractivity contribution in [1.29, 1.82) is 0 Å². The number of hydrogen-bond acceptors (Lipinski definition) is 0. The molecule has 0 saturated carbocycles. The molecule has 300 valence electrons. The van der Waals surface area contributed by atoms with Crippen LogP contribution >= 0.6 is 0 Å². The SMILES string of the molecule is CC(C)(C)c1cc2ccc3cc(C(C)(C)C)cc4c5c(-c6ccccc6)c6c7c(ccc6c(-c6ccccc6)c5c(c1)c2c34)C1(c2ccccc2-c2ccccc21)c1ccccc1-7. The number of rotatable bonds is 2. The molecular formula is C63H48. The van der Waals surface area contributed by atoms with E-state index in [1.807, 2.05) is 0 Å². The van der Waals surface area contributed by atoms with Gasteiger partial charge in [0, 0.05) is 0 Å². The van der Waals surface area contributed by atoms with Gasteiger partial charge < -0.3 is 0 Å². The monoisotopic (exact) mass is 804 g/mol. The molecule has 0 N–H and O–H groups in total. The molecule has 0 heterocycles. The number of hydrogen-bond donors (Lipinski definition) is 0. The third kappa shape index (κ3) is 4.76. The maximum atomic E-state index is 2.57. The maximum Gasteiger partial charge on any atom is 0.0725 e. The predicted molar refractivity (Wildman–Crippen MR) is 270 cm³/mol. The third-order valence-electron chi connectivity index (χ3n) is 14.9. The van der Waals surface area contributed by atoms with E-state index in [9.17, 15) is 0 Å². The van der Waals surface area contributed by atoms with Gasteiger partial charge in [0.25, 0.3) is 0 Å². The van der Waals surface area contributed by atoms with Gasteiger partial charge in [-0.25, -0.2) is 0 Å². The van der Waals surface area contributed by atoms with Gasteiger partial charge in [0.2, 0.25) is 0 Å². The van der Waals surface area contributed by atoms with Crippen molar-refractivity contribution in [2.45, 2.75) is 57.8 Å². The van der Waals surface area contributed by atoms with Crippen LogP contribution in [0.3, 0.4) is 0 Å². The summed E-state index contributed by atoms with van der Waals surface area (Å²) in [6.07, 6.45) is 0. The van der Waals surface area contributed by atoms with E-state index in [0.717, 1.165) is 0 Å². The van der Waals surface area contributed by atoms with E-state index in [-0.39, 0.29) is 10.8 Å². The van der Waals surface area contributed by atoms with E-state index in [1.165, 1.54) is 132 Å². The van der Waals surface area contributed by atoms with E-state index < -0.39 is 5.41 Å². The van der Waals surface area contributed by atoms with Crippen LogP contribution in [0.4, 0.5) is 0 Å². The maximum absolute atomic E-state index is 2.57. The first kappa shape index (κ1) is 36.6. The molecule has 11 aromatic rings. The van der Waals surface area contributed by atoms with Gasteiger partial charge >= 0.3 is 0 Å². The van der Waals surface area contributed by atoms with E-state index in [4.69, 9.17) is 0 Å². The molecule has 1 spiro atoms. The van der Waals surface area contributed by atoms with Crippen molar-refractivity contribution in [3.8, 4) is 44.5 Å². The van der Waals surface area contributed by atoms with Gasteiger partial charge in [-0.05, 0) is 155 Å². The predicted octanol–water partition coefficient (Wildman–Crippen LogP) is 17.2. The van der Waals surface area contributed by atoms with E-state index in [2.05, 4.69) is 224 Å². The zero-order valence-electron chi connectivity index (χ0n) is 36.8. The zero-order chi connectivity index (χ0) is 42.6. The Hall–Kier alpha value is -7.02. The van der Waals surface area contributed by atoms with E-state index >= 15 is 0 Å². The second kappa shape index (κ2) is 12.6. The molecule has 2 aliphatic rings. The first-order valence-corrected chi connectivity index (χ1v) is 22.7. The van der Waals surface area contributed by atoms with Crippen molar-refractivity contribution >= 4 is 53.9 Å². The smallest absolute Gasteiger partial charge is 0.0622 e. The average Bonchev–Trinajstić information content (AvgIpc) is 3.77. The fraction of sp³-hybridized carbons (Fsp3) is 0.143. The molecule has 0 heteroatoms. The first-order chi connectivity index (χ1) is 30.5. The number of benzene rings is 11. The summed E-state index contributed by atoms with van der Waals surface area (Å²) >= 11 is 0. The molecule has 0 fully saturated rings. The van der Waals surface area contributed by atoms with Crippen molar-refractivity contribution in [1.82, 2.24) is 0 Å². The van der Waals surface area contributed by atoms with Crippen LogP contribution in [-0.4, -0.2) is 0 Å². The average molecular weight is 805 g/mol. The summed E-state index contributed by atoms with van der Waals surface area (Å²) < 4.78 is 0. The highest BCUT2D eigenvalue weighted by Crippen LogP contribution is 2.65. The van der Waals surface area contributed by atoms with Gasteiger partial charge in [0.1, 0.15) is 0 Å². The van der Waals surface area contributed by atoms with Crippen molar-refractivity contribution in [2.75, 3.05) is 0 Å². The van der Waals surface area contributed by atoms with E-state index in [0.29, 0.717) is 0 Å². The summed E-state index contributed by atoms with van der Waals surface area (Å²) in [5.41, 5.74) is 18.1. The molecule has 0 saturated heterocycles. The van der Waals surface area contributed by atoms with Gasteiger partial charge in [0.15, 0.2) is 0 Å². The second-order valence-electron chi connectivity index (χ2n) is 20.3. The van der Waals surface area contributed by atoms with Crippen LogP contribution in [0.25, 0.3) is 98.4 Å². The molecule has 0 aliphatic heterocycles. The van der Waals surface area contributed by atoms with Gasteiger partial charge in [-0.15, -0.1) is 0 Å². The topological polar surface area (TPSA) is 0 Å². The van der Waals surface area contributed by atoms with Crippen LogP contribution in [0, 0.1) is 0 Å². The van der Waals surface area contributed by atoms with Crippen molar-refractivity contribution in [3.63, 3.8) is 0 Å². The molecule has 0 atom stereocenters. The van der Waals surface area contributed by atoms with Gasteiger partial charge in [-0.3, -0.25) is 0 Å². The summed E-state index contributed by atoms with van der Waals surface area (Å²) in [6.45, 7) is 14.2. The summed E-state index contributed by atoms with van der Waals surface area (Å²) in [5.74, 6) is 0. The number of fused-ring (bicyclic) bond motifs is 15. The first-order valence-electron chi connectivity index (χ1n) is 22.7. The molecular weight excluding hydrogens is 757 g/mol. The van der Waals surface area contributed by atoms with Crippen LogP contribution in [0.15, 0.2) is 182 Å². The van der Waals surface area contributed by atoms with Crippen molar-refractivity contribution in [2.24, 2.45) is 0 Å². The summed E-state index contributed by atoms with van der Waals surface area (Å²) in [6, 6.07) is 70.2. The Balaban J connectivity index is 1.37. The quantitative estimate of drug-likeness (QED) is 0.121. The van der Waals surface area contributed by atoms with Crippen molar-refractivity contribution < 1.29 is 0 Å². The van der Waals surface area contributed by atoms with Gasteiger partial charge in [-0.2, -0.15) is 0 Å². The highest BCUT2D eigenvalue weighted by Gasteiger charge is 2.52. The Kier molecular flexibility index (Phi) is 7.29. The standard InChI is InChI=1S/C63H48/c1-61(2,3)41-33-39-29-30-40-34-42(62(4,5)6)36-48-55(40)54(39)47(35-41)59-53(37-19-9-7-10-20-37)46-31-32-52-57(58(46)56(60(48)59)38-21-11-8-12-22-38)45-25-15-18-28-51(45)63(52)49-26-16-13-23-43(49)44-24-14-17-27-50(44)63/h7-36H,1-6H3. The minimum absolute atomic E-state index is 0.0467. The zero-order valence-corrected chi connectivity index (χ0v) is 36.8. The Morgan fingerprint density at radius 1 is 0.302 bits per heavy atom. The minimum Gasteiger partial charge on any atom is -0.0622 e. The lowest BCUT2D eigenvalue weighted by atomic mass is 9.70. The lowest BCUT2D eigenvalue weighted by Crippen LogP contribution is -2.25. The molecule has 2 aliphatic carbocycles. The fourth-order valence-corrected chi connectivity index (χ4v) is 12.1. The molecule has 0 radical (unpaired) electrons. The molecule has 0 amide bonds. The summed E-state index contributed by atoms with van der Waals surface area (Å²) in [4.78, 5) is 0. The fourth-order valence-electron chi connectivity index (χ4n) is 12.1. The van der Waals surface area contributed by atoms with Crippen LogP contribution in [0.1, 0.15) is 74.9 Å². The van der Waals surface area contributed by atoms with Crippen LogP contribution in [-0.2, 0) is 16.2 Å². The molecule has 0 aromatic heterocycles. The Labute approximate surface area is 369 Å². The normalized spacial score (nSPS) is 14.0. The lowest BCUT2D eigenvalue weighted by Gasteiger charge is -2.31. The Morgan fingerprint density at radius 3 is 1.24 bits per heavy atom. The largest absolute Gasteiger partial charge is 0.0725 e. The lowest BCUT2D eigenvalue weighted by molar-refractivity contribution is 0.591. The van der Waals surface area contributed by atoms with Crippen molar-refractivity contribution in [3.05, 3.63) is 215 Å². The molecule has 0 unspecified atom stereocenters. The van der Waals surface area contributed by atoms with Gasteiger partial charge in [0.05, 0.1) is 5.41 Å². The molecule has 0 bridgehead atoms. The Morgan fingerprint density at radius 2 is 0.730 bits per heavy atom. The van der Waals surface area contributed by atoms with Crippen LogP contribution < -0.4 is 0 Å². The van der Waals surface area contributed by atoms with E-state index in [1.54, 1.807) is 0 Å². The molecule has 11 aromatic carbocycles. The van der Waals surface area contributed by atoms with Gasteiger partial charge in [-0.1, -0.05) is 211 Å². The molecule has 0 nitrogen and oxygen atoms in total. The van der Waals surface area contributed by atoms with Crippen LogP contribution in [0.2, 0.25) is 0 Å². The second-order valence-corrected chi connectivity index (χ2v) is 20.3. The highest BCUT2D eigenvalue weighted by molar-refractivity contribution is 6.42. The minimum atomic E-state index is -0.455. The summed E-state index contributed by atoms with van der Waals surface area (Å²) in [7, 11) is 0. The highest BCUT2D eigenvalue weighted by atomic mass is 14.5. The molecule has 63 heavy (non-hydrogen) atoms. The summed E-state index contributed by atoms with van der Waals surface area (Å²) in [5, 5.41) is 13.3. The molecule has 13 rings (SSSR count). The Bertz CT molecular complexity index is 3670. The third-order valence-corrected chi connectivity index (χ3v) is 14.9. The van der Waals surface area contributed by atoms with Crippen LogP contribution in [0.5, 0.6) is 0 Å².